The molecule has 0 spiro atoms. The summed E-state index contributed by atoms with van der Waals surface area (Å²) in [6.45, 7) is 5.61. The van der Waals surface area contributed by atoms with Crippen molar-refractivity contribution >= 4 is 5.95 Å². The van der Waals surface area contributed by atoms with Gasteiger partial charge >= 0.3 is 6.18 Å². The first-order chi connectivity index (χ1) is 8.84. The Bertz CT molecular complexity index is 393. The molecule has 0 aliphatic carbocycles. The summed E-state index contributed by atoms with van der Waals surface area (Å²) in [5.74, 6) is 0.410. The van der Waals surface area contributed by atoms with Gasteiger partial charge in [0, 0.05) is 19.3 Å². The van der Waals surface area contributed by atoms with Crippen LogP contribution >= 0.6 is 0 Å². The Balaban J connectivity index is 2.94. The molecule has 0 unspecified atom stereocenters. The van der Waals surface area contributed by atoms with Crippen molar-refractivity contribution in [1.29, 1.82) is 0 Å². The van der Waals surface area contributed by atoms with E-state index in [1.54, 1.807) is 4.90 Å². The number of hydrogen-bond acceptors (Lipinski definition) is 4. The minimum atomic E-state index is -4.45. The van der Waals surface area contributed by atoms with E-state index in [-0.39, 0.29) is 5.95 Å². The van der Waals surface area contributed by atoms with E-state index in [1.807, 2.05) is 13.8 Å². The molecule has 7 heteroatoms. The van der Waals surface area contributed by atoms with Crippen LogP contribution in [0.2, 0.25) is 0 Å². The Morgan fingerprint density at radius 1 is 1.37 bits per heavy atom. The van der Waals surface area contributed by atoms with Gasteiger partial charge in [0.2, 0.25) is 5.95 Å². The van der Waals surface area contributed by atoms with Crippen LogP contribution in [-0.2, 0) is 6.18 Å². The van der Waals surface area contributed by atoms with Crippen LogP contribution in [0.4, 0.5) is 19.1 Å². The maximum Gasteiger partial charge on any atom is 0.433 e. The summed E-state index contributed by atoms with van der Waals surface area (Å²) in [5, 5.41) is 0. The number of alkyl halides is 3. The standard InChI is InChI=1S/C12H19F3N4/c1-9(2)8-19(7-3-5-16)11-17-6-4-10(18-11)12(13,14)15/h4,6,9H,3,5,7-8,16H2,1-2H3. The minimum Gasteiger partial charge on any atom is -0.341 e. The molecule has 0 amide bonds. The Morgan fingerprint density at radius 3 is 2.58 bits per heavy atom. The highest BCUT2D eigenvalue weighted by molar-refractivity contribution is 5.30. The van der Waals surface area contributed by atoms with E-state index < -0.39 is 11.9 Å². The highest BCUT2D eigenvalue weighted by atomic mass is 19.4. The van der Waals surface area contributed by atoms with E-state index in [0.29, 0.717) is 32.0 Å². The predicted molar refractivity (Wildman–Crippen MR) is 67.8 cm³/mol. The summed E-state index contributed by atoms with van der Waals surface area (Å²) in [6, 6.07) is 0.875. The van der Waals surface area contributed by atoms with Gasteiger partial charge < -0.3 is 10.6 Å². The van der Waals surface area contributed by atoms with Gasteiger partial charge in [-0.2, -0.15) is 13.2 Å². The molecule has 4 nitrogen and oxygen atoms in total. The van der Waals surface area contributed by atoms with Gasteiger partial charge in [-0.05, 0) is 24.9 Å². The number of halogens is 3. The average molecular weight is 276 g/mol. The van der Waals surface area contributed by atoms with Gasteiger partial charge in [-0.1, -0.05) is 13.8 Å². The maximum absolute atomic E-state index is 12.6. The highest BCUT2D eigenvalue weighted by Crippen LogP contribution is 2.28. The van der Waals surface area contributed by atoms with E-state index in [0.717, 1.165) is 12.3 Å². The molecule has 2 N–H and O–H groups in total. The Kier molecular flexibility index (Phi) is 5.53. The van der Waals surface area contributed by atoms with Crippen LogP contribution in [0, 0.1) is 5.92 Å². The molecular formula is C12H19F3N4. The molecule has 0 aromatic carbocycles. The summed E-state index contributed by atoms with van der Waals surface area (Å²) in [6.07, 6.45) is -2.62. The van der Waals surface area contributed by atoms with E-state index >= 15 is 0 Å². The van der Waals surface area contributed by atoms with Crippen LogP contribution in [0.1, 0.15) is 26.0 Å². The number of aromatic nitrogens is 2. The summed E-state index contributed by atoms with van der Waals surface area (Å²) >= 11 is 0. The third-order valence-electron chi connectivity index (χ3n) is 2.43. The van der Waals surface area contributed by atoms with Crippen molar-refractivity contribution < 1.29 is 13.2 Å². The third-order valence-corrected chi connectivity index (χ3v) is 2.43. The molecule has 0 atom stereocenters. The molecule has 1 rings (SSSR count). The summed E-state index contributed by atoms with van der Waals surface area (Å²) in [7, 11) is 0. The second-order valence-corrected chi connectivity index (χ2v) is 4.72. The molecule has 1 aromatic rings. The molecule has 1 heterocycles. The Morgan fingerprint density at radius 2 is 2.05 bits per heavy atom. The van der Waals surface area contributed by atoms with E-state index in [9.17, 15) is 13.2 Å². The van der Waals surface area contributed by atoms with Crippen LogP contribution in [0.25, 0.3) is 0 Å². The van der Waals surface area contributed by atoms with Crippen molar-refractivity contribution in [2.45, 2.75) is 26.4 Å². The second-order valence-electron chi connectivity index (χ2n) is 4.72. The summed E-state index contributed by atoms with van der Waals surface area (Å²) in [4.78, 5) is 9.28. The van der Waals surface area contributed by atoms with Crippen molar-refractivity contribution in [2.24, 2.45) is 11.7 Å². The largest absolute Gasteiger partial charge is 0.433 e. The van der Waals surface area contributed by atoms with Gasteiger partial charge in [0.1, 0.15) is 5.69 Å². The van der Waals surface area contributed by atoms with Gasteiger partial charge in [-0.25, -0.2) is 9.97 Å². The van der Waals surface area contributed by atoms with Gasteiger partial charge in [0.05, 0.1) is 0 Å². The van der Waals surface area contributed by atoms with Crippen molar-refractivity contribution in [3.63, 3.8) is 0 Å². The molecule has 0 fully saturated rings. The molecule has 108 valence electrons. The predicted octanol–water partition coefficient (Wildman–Crippen LogP) is 2.31. The van der Waals surface area contributed by atoms with Crippen LogP contribution < -0.4 is 10.6 Å². The number of nitrogens with zero attached hydrogens (tertiary/aromatic N) is 3. The van der Waals surface area contributed by atoms with Gasteiger partial charge in [-0.3, -0.25) is 0 Å². The molecule has 0 bridgehead atoms. The zero-order valence-corrected chi connectivity index (χ0v) is 11.1. The zero-order valence-electron chi connectivity index (χ0n) is 11.1. The van der Waals surface area contributed by atoms with Gasteiger partial charge in [0.25, 0.3) is 0 Å². The van der Waals surface area contributed by atoms with Crippen molar-refractivity contribution in [2.75, 3.05) is 24.5 Å². The van der Waals surface area contributed by atoms with Crippen molar-refractivity contribution in [3.8, 4) is 0 Å². The first-order valence-electron chi connectivity index (χ1n) is 6.20. The highest BCUT2D eigenvalue weighted by Gasteiger charge is 2.33. The van der Waals surface area contributed by atoms with Crippen molar-refractivity contribution in [1.82, 2.24) is 9.97 Å². The van der Waals surface area contributed by atoms with Crippen LogP contribution in [0.5, 0.6) is 0 Å². The fourth-order valence-electron chi connectivity index (χ4n) is 1.65. The number of hydrogen-bond donors (Lipinski definition) is 1. The normalized spacial score (nSPS) is 11.9. The number of nitrogens with two attached hydrogens (primary N) is 1. The first-order valence-corrected chi connectivity index (χ1v) is 6.20. The maximum atomic E-state index is 12.6. The van der Waals surface area contributed by atoms with E-state index in [2.05, 4.69) is 9.97 Å². The smallest absolute Gasteiger partial charge is 0.341 e. The number of rotatable bonds is 6. The SMILES string of the molecule is CC(C)CN(CCCN)c1nccc(C(F)(F)F)n1. The van der Waals surface area contributed by atoms with Crippen LogP contribution in [0.15, 0.2) is 12.3 Å². The minimum absolute atomic E-state index is 0.108. The molecular weight excluding hydrogens is 257 g/mol. The fourth-order valence-corrected chi connectivity index (χ4v) is 1.65. The summed E-state index contributed by atoms with van der Waals surface area (Å²) < 4.78 is 37.9. The monoisotopic (exact) mass is 276 g/mol. The topological polar surface area (TPSA) is 55.0 Å². The number of anilines is 1. The average Bonchev–Trinajstić information content (AvgIpc) is 2.33. The van der Waals surface area contributed by atoms with E-state index in [1.165, 1.54) is 0 Å². The first kappa shape index (κ1) is 15.7. The lowest BCUT2D eigenvalue weighted by Crippen LogP contribution is -2.32. The Hall–Kier alpha value is -1.37. The molecule has 0 saturated heterocycles. The second kappa shape index (κ2) is 6.70. The quantitative estimate of drug-likeness (QED) is 0.866. The molecule has 1 aromatic heterocycles. The van der Waals surface area contributed by atoms with Crippen LogP contribution in [0.3, 0.4) is 0 Å². The van der Waals surface area contributed by atoms with Gasteiger partial charge in [0.15, 0.2) is 0 Å². The van der Waals surface area contributed by atoms with Crippen LogP contribution in [-0.4, -0.2) is 29.6 Å². The fraction of sp³-hybridized carbons (Fsp3) is 0.667. The lowest BCUT2D eigenvalue weighted by atomic mass is 10.2. The lowest BCUT2D eigenvalue weighted by Gasteiger charge is -2.24. The zero-order chi connectivity index (χ0) is 14.5. The Labute approximate surface area is 110 Å². The van der Waals surface area contributed by atoms with Crippen molar-refractivity contribution in [3.05, 3.63) is 18.0 Å². The molecule has 19 heavy (non-hydrogen) atoms. The third kappa shape index (κ3) is 5.02. The molecule has 0 aliphatic rings. The molecule has 0 saturated carbocycles. The molecule has 0 radical (unpaired) electrons. The lowest BCUT2D eigenvalue weighted by molar-refractivity contribution is -0.141. The van der Waals surface area contributed by atoms with E-state index in [4.69, 9.17) is 5.73 Å². The molecule has 0 aliphatic heterocycles. The van der Waals surface area contributed by atoms with Gasteiger partial charge in [-0.15, -0.1) is 0 Å². The summed E-state index contributed by atoms with van der Waals surface area (Å²) in [5.41, 5.74) is 4.52.